The Morgan fingerprint density at radius 1 is 1.21 bits per heavy atom. The Labute approximate surface area is 170 Å². The molecular weight excluding hydrogens is 400 g/mol. The smallest absolute Gasteiger partial charge is 0.243 e. The van der Waals surface area contributed by atoms with Gasteiger partial charge in [-0.2, -0.15) is 4.31 Å². The molecule has 150 valence electrons. The first kappa shape index (κ1) is 20.6. The van der Waals surface area contributed by atoms with Crippen LogP contribution in [0.15, 0.2) is 41.3 Å². The second-order valence-electron chi connectivity index (χ2n) is 6.88. The van der Waals surface area contributed by atoms with E-state index in [2.05, 4.69) is 5.32 Å². The average molecular weight is 423 g/mol. The molecule has 2 aromatic rings. The van der Waals surface area contributed by atoms with Gasteiger partial charge in [0.2, 0.25) is 15.9 Å². The fraction of sp³-hybridized carbons (Fsp3) is 0.350. The number of nitrogens with one attached hydrogen (secondary N) is 1. The largest absolute Gasteiger partial charge is 0.495 e. The summed E-state index contributed by atoms with van der Waals surface area (Å²) in [7, 11) is -2.27. The number of anilines is 1. The number of nitrogens with zero attached hydrogens (tertiary/aromatic N) is 1. The Morgan fingerprint density at radius 2 is 1.89 bits per heavy atom. The van der Waals surface area contributed by atoms with E-state index in [9.17, 15) is 13.2 Å². The number of amides is 1. The van der Waals surface area contributed by atoms with E-state index < -0.39 is 16.1 Å². The van der Waals surface area contributed by atoms with Crippen molar-refractivity contribution in [1.29, 1.82) is 0 Å². The minimum Gasteiger partial charge on any atom is -0.495 e. The first-order valence-corrected chi connectivity index (χ1v) is 10.8. The number of hydrogen-bond donors (Lipinski definition) is 1. The van der Waals surface area contributed by atoms with Gasteiger partial charge in [-0.1, -0.05) is 29.3 Å². The maximum absolute atomic E-state index is 13.0. The number of ether oxygens (including phenoxy) is 1. The third-order valence-corrected chi connectivity index (χ3v) is 7.20. The van der Waals surface area contributed by atoms with Crippen molar-refractivity contribution >= 4 is 33.2 Å². The molecule has 0 aliphatic carbocycles. The Bertz CT molecular complexity index is 990. The summed E-state index contributed by atoms with van der Waals surface area (Å²) in [5.41, 5.74) is 2.22. The molecule has 1 N–H and O–H groups in total. The van der Waals surface area contributed by atoms with Crippen LogP contribution in [-0.2, 0) is 14.8 Å². The van der Waals surface area contributed by atoms with Gasteiger partial charge in [0.05, 0.1) is 17.7 Å². The molecule has 0 bridgehead atoms. The van der Waals surface area contributed by atoms with Crippen molar-refractivity contribution in [3.05, 3.63) is 52.5 Å². The fourth-order valence-electron chi connectivity index (χ4n) is 3.28. The van der Waals surface area contributed by atoms with Crippen LogP contribution < -0.4 is 10.1 Å². The summed E-state index contributed by atoms with van der Waals surface area (Å²) in [6, 6.07) is 9.22. The van der Waals surface area contributed by atoms with Crippen LogP contribution in [0, 0.1) is 13.8 Å². The summed E-state index contributed by atoms with van der Waals surface area (Å²) in [5, 5.41) is 3.33. The van der Waals surface area contributed by atoms with Gasteiger partial charge in [0.1, 0.15) is 11.8 Å². The summed E-state index contributed by atoms with van der Waals surface area (Å²) in [5.74, 6) is 0.0445. The van der Waals surface area contributed by atoms with E-state index in [1.807, 2.05) is 13.8 Å². The topological polar surface area (TPSA) is 75.7 Å². The van der Waals surface area contributed by atoms with E-state index in [-0.39, 0.29) is 10.8 Å². The van der Waals surface area contributed by atoms with Gasteiger partial charge in [-0.25, -0.2) is 8.42 Å². The SMILES string of the molecule is COc1cc(Cl)c(C)cc1NC(=O)C1CCCN1S(=O)(=O)c1ccc(C)cc1. The van der Waals surface area contributed by atoms with Crippen LogP contribution in [0.25, 0.3) is 0 Å². The molecule has 1 heterocycles. The Hall–Kier alpha value is -2.09. The Kier molecular flexibility index (Phi) is 5.98. The number of benzene rings is 2. The number of hydrogen-bond acceptors (Lipinski definition) is 4. The van der Waals surface area contributed by atoms with Crippen molar-refractivity contribution in [2.24, 2.45) is 0 Å². The monoisotopic (exact) mass is 422 g/mol. The predicted octanol–water partition coefficient (Wildman–Crippen LogP) is 3.76. The molecule has 1 aliphatic rings. The molecule has 28 heavy (non-hydrogen) atoms. The van der Waals surface area contributed by atoms with Gasteiger partial charge in [0.15, 0.2) is 0 Å². The second-order valence-corrected chi connectivity index (χ2v) is 9.18. The van der Waals surface area contributed by atoms with E-state index in [0.717, 1.165) is 11.1 Å². The number of halogens is 1. The highest BCUT2D eigenvalue weighted by Gasteiger charge is 2.39. The summed E-state index contributed by atoms with van der Waals surface area (Å²) < 4.78 is 32.6. The minimum absolute atomic E-state index is 0.192. The molecule has 0 spiro atoms. The number of carbonyl (C=O) groups is 1. The van der Waals surface area contributed by atoms with Crippen LogP contribution in [0.4, 0.5) is 5.69 Å². The fourth-order valence-corrected chi connectivity index (χ4v) is 5.09. The zero-order valence-electron chi connectivity index (χ0n) is 16.0. The molecule has 8 heteroatoms. The van der Waals surface area contributed by atoms with Gasteiger partial charge in [-0.05, 0) is 50.5 Å². The van der Waals surface area contributed by atoms with Gasteiger partial charge in [0.25, 0.3) is 0 Å². The van der Waals surface area contributed by atoms with Gasteiger partial charge in [-0.3, -0.25) is 4.79 Å². The van der Waals surface area contributed by atoms with Gasteiger partial charge in [0, 0.05) is 17.6 Å². The van der Waals surface area contributed by atoms with E-state index >= 15 is 0 Å². The van der Waals surface area contributed by atoms with Crippen LogP contribution in [0.3, 0.4) is 0 Å². The third kappa shape index (κ3) is 4.01. The number of methoxy groups -OCH3 is 1. The molecule has 0 aromatic heterocycles. The van der Waals surface area contributed by atoms with Crippen molar-refractivity contribution in [3.63, 3.8) is 0 Å². The van der Waals surface area contributed by atoms with E-state index in [4.69, 9.17) is 16.3 Å². The molecule has 3 rings (SSSR count). The molecule has 1 fully saturated rings. The molecule has 1 unspecified atom stereocenters. The van der Waals surface area contributed by atoms with E-state index in [0.29, 0.717) is 35.8 Å². The number of rotatable bonds is 5. The highest BCUT2D eigenvalue weighted by Crippen LogP contribution is 2.32. The van der Waals surface area contributed by atoms with E-state index in [1.165, 1.54) is 11.4 Å². The number of aryl methyl sites for hydroxylation is 2. The zero-order chi connectivity index (χ0) is 20.5. The molecule has 6 nitrogen and oxygen atoms in total. The van der Waals surface area contributed by atoms with Crippen molar-refractivity contribution in [1.82, 2.24) is 4.31 Å². The lowest BCUT2D eigenvalue weighted by Crippen LogP contribution is -2.43. The lowest BCUT2D eigenvalue weighted by atomic mass is 10.1. The summed E-state index contributed by atoms with van der Waals surface area (Å²) in [6.45, 7) is 4.02. The molecule has 1 saturated heterocycles. The molecule has 2 aromatic carbocycles. The van der Waals surface area contributed by atoms with E-state index in [1.54, 1.807) is 36.4 Å². The van der Waals surface area contributed by atoms with Crippen LogP contribution in [-0.4, -0.2) is 38.3 Å². The van der Waals surface area contributed by atoms with Crippen LogP contribution in [0.2, 0.25) is 5.02 Å². The average Bonchev–Trinajstić information content (AvgIpc) is 3.15. The van der Waals surface area contributed by atoms with Crippen LogP contribution >= 0.6 is 11.6 Å². The molecule has 0 saturated carbocycles. The first-order chi connectivity index (χ1) is 13.2. The third-order valence-electron chi connectivity index (χ3n) is 4.87. The quantitative estimate of drug-likeness (QED) is 0.796. The minimum atomic E-state index is -3.75. The molecular formula is C20H23ClN2O4S. The van der Waals surface area contributed by atoms with Crippen molar-refractivity contribution in [2.75, 3.05) is 19.0 Å². The summed E-state index contributed by atoms with van der Waals surface area (Å²) >= 11 is 6.11. The number of sulfonamides is 1. The van der Waals surface area contributed by atoms with Crippen molar-refractivity contribution < 1.29 is 17.9 Å². The van der Waals surface area contributed by atoms with Crippen LogP contribution in [0.1, 0.15) is 24.0 Å². The zero-order valence-corrected chi connectivity index (χ0v) is 17.6. The maximum atomic E-state index is 13.0. The second kappa shape index (κ2) is 8.11. The highest BCUT2D eigenvalue weighted by atomic mass is 35.5. The molecule has 1 aliphatic heterocycles. The van der Waals surface area contributed by atoms with Gasteiger partial charge >= 0.3 is 0 Å². The highest BCUT2D eigenvalue weighted by molar-refractivity contribution is 7.89. The van der Waals surface area contributed by atoms with Crippen LogP contribution in [0.5, 0.6) is 5.75 Å². The normalized spacial score (nSPS) is 17.5. The lowest BCUT2D eigenvalue weighted by Gasteiger charge is -2.24. The first-order valence-electron chi connectivity index (χ1n) is 8.97. The summed E-state index contributed by atoms with van der Waals surface area (Å²) in [6.07, 6.45) is 1.09. The predicted molar refractivity (Wildman–Crippen MR) is 109 cm³/mol. The number of carbonyl (C=O) groups excluding carboxylic acids is 1. The van der Waals surface area contributed by atoms with Gasteiger partial charge < -0.3 is 10.1 Å². The Morgan fingerprint density at radius 3 is 2.54 bits per heavy atom. The summed E-state index contributed by atoms with van der Waals surface area (Å²) in [4.78, 5) is 13.1. The molecule has 0 radical (unpaired) electrons. The standard InChI is InChI=1S/C20H23ClN2O4S/c1-13-6-8-15(9-7-13)28(25,26)23-10-4-5-18(23)20(24)22-17-11-14(2)16(21)12-19(17)27-3/h6-9,11-12,18H,4-5,10H2,1-3H3,(H,22,24). The van der Waals surface area contributed by atoms with Crippen molar-refractivity contribution in [3.8, 4) is 5.75 Å². The molecule has 1 amide bonds. The molecule has 1 atom stereocenters. The Balaban J connectivity index is 1.86. The lowest BCUT2D eigenvalue weighted by molar-refractivity contribution is -0.119. The van der Waals surface area contributed by atoms with Crippen molar-refractivity contribution in [2.45, 2.75) is 37.6 Å². The maximum Gasteiger partial charge on any atom is 0.243 e. The van der Waals surface area contributed by atoms with Gasteiger partial charge in [-0.15, -0.1) is 0 Å².